The summed E-state index contributed by atoms with van der Waals surface area (Å²) in [6, 6.07) is 3.61. The minimum absolute atomic E-state index is 0.362. The Kier molecular flexibility index (Phi) is 6.81. The average molecular weight is 525 g/mol. The van der Waals surface area contributed by atoms with E-state index in [4.69, 9.17) is 5.11 Å². The number of esters is 1. The number of carbonyl (C=O) groups is 1. The van der Waals surface area contributed by atoms with Crippen molar-refractivity contribution in [2.24, 2.45) is 0 Å². The van der Waals surface area contributed by atoms with E-state index in [1.165, 1.54) is 0 Å². The molecule has 0 unspecified atom stereocenters. The minimum Gasteiger partial charge on any atom is -0.744 e. The number of benzene rings is 2. The summed E-state index contributed by atoms with van der Waals surface area (Å²) in [7, 11) is -10.4. The van der Waals surface area contributed by atoms with Gasteiger partial charge in [-0.05, 0) is 18.2 Å². The molecule has 33 heavy (non-hydrogen) atoms. The number of carbonyl (C=O) groups excluding carboxylic acids is 1. The van der Waals surface area contributed by atoms with Gasteiger partial charge >= 0.3 is 18.3 Å². The van der Waals surface area contributed by atoms with E-state index in [9.17, 15) is 57.1 Å². The Hall–Kier alpha value is -2.47. The average Bonchev–Trinajstić information content (AvgIpc) is 2.62. The maximum Gasteiger partial charge on any atom is 0.426 e. The number of fused-ring (bicyclic) bond motifs is 1. The van der Waals surface area contributed by atoms with E-state index in [1.54, 1.807) is 0 Å². The second-order valence-corrected chi connectivity index (χ2v) is 9.23. The first-order valence-electron chi connectivity index (χ1n) is 8.23. The number of rotatable bonds is 6. The van der Waals surface area contributed by atoms with Crippen LogP contribution in [0.4, 0.5) is 26.3 Å². The smallest absolute Gasteiger partial charge is 0.426 e. The molecule has 0 amide bonds. The van der Waals surface area contributed by atoms with E-state index < -0.39 is 83.3 Å². The molecule has 0 fully saturated rings. The van der Waals surface area contributed by atoms with Gasteiger partial charge in [0.05, 0.1) is 17.1 Å². The molecule has 0 aliphatic rings. The Labute approximate surface area is 181 Å². The number of halogens is 6. The molecule has 9 nitrogen and oxygen atoms in total. The van der Waals surface area contributed by atoms with Crippen molar-refractivity contribution in [1.29, 1.82) is 0 Å². The summed E-state index contributed by atoms with van der Waals surface area (Å²) in [6.45, 7) is -1.66. The van der Waals surface area contributed by atoms with Crippen LogP contribution in [0, 0.1) is 0 Å². The summed E-state index contributed by atoms with van der Waals surface area (Å²) in [5.74, 6) is -1.75. The van der Waals surface area contributed by atoms with Gasteiger partial charge in [0.25, 0.3) is 15.7 Å². The van der Waals surface area contributed by atoms with Crippen molar-refractivity contribution in [3.05, 3.63) is 35.9 Å². The molecule has 0 saturated heterocycles. The summed E-state index contributed by atoms with van der Waals surface area (Å²) < 4.78 is 147. The molecule has 2 rings (SSSR count). The van der Waals surface area contributed by atoms with Gasteiger partial charge in [-0.2, -0.15) is 34.8 Å². The summed E-state index contributed by atoms with van der Waals surface area (Å²) in [5, 5.41) is 7.80. The van der Waals surface area contributed by atoms with Crippen LogP contribution in [0.2, 0.25) is 0 Å². The fourth-order valence-corrected chi connectivity index (χ4v) is 4.11. The number of hydrogen-bond donors (Lipinski definition) is 2. The van der Waals surface area contributed by atoms with Gasteiger partial charge in [-0.3, -0.25) is 4.55 Å². The fraction of sp³-hybridized carbons (Fsp3) is 0.312. The molecule has 2 aromatic carbocycles. The highest BCUT2D eigenvalue weighted by atomic mass is 32.2. The predicted molar refractivity (Wildman–Crippen MR) is 93.7 cm³/mol. The van der Waals surface area contributed by atoms with Gasteiger partial charge in [0.2, 0.25) is 0 Å². The SMILES string of the molecule is O=C(OCCC(O)(C(F)(F)F)C(F)(F)F)c1cc(S(=O)(=O)[O-])c2cccc(S(=O)(=O)O)c2c1. The Morgan fingerprint density at radius 2 is 1.48 bits per heavy atom. The maximum atomic E-state index is 12.7. The zero-order valence-corrected chi connectivity index (χ0v) is 17.3. The first kappa shape index (κ1) is 26.8. The lowest BCUT2D eigenvalue weighted by Crippen LogP contribution is -2.57. The molecular formula is C16H11F6O9S2-. The Morgan fingerprint density at radius 3 is 1.94 bits per heavy atom. The van der Waals surface area contributed by atoms with Crippen molar-refractivity contribution < 1.29 is 66.9 Å². The van der Waals surface area contributed by atoms with Crippen molar-refractivity contribution in [2.45, 2.75) is 34.2 Å². The Bertz CT molecular complexity index is 1280. The van der Waals surface area contributed by atoms with Crippen LogP contribution in [0.3, 0.4) is 0 Å². The quantitative estimate of drug-likeness (QED) is 0.328. The summed E-state index contributed by atoms with van der Waals surface area (Å²) in [6.07, 6.45) is -14.5. The first-order valence-corrected chi connectivity index (χ1v) is 11.1. The summed E-state index contributed by atoms with van der Waals surface area (Å²) in [5.41, 5.74) is -6.18. The molecule has 2 aromatic rings. The van der Waals surface area contributed by atoms with Gasteiger partial charge < -0.3 is 14.4 Å². The van der Waals surface area contributed by atoms with E-state index in [2.05, 4.69) is 4.74 Å². The number of aliphatic hydroxyl groups is 1. The maximum absolute atomic E-state index is 12.7. The lowest BCUT2D eigenvalue weighted by Gasteiger charge is -2.32. The van der Waals surface area contributed by atoms with Crippen molar-refractivity contribution >= 4 is 37.0 Å². The Balaban J connectivity index is 2.51. The highest BCUT2D eigenvalue weighted by molar-refractivity contribution is 7.86. The van der Waals surface area contributed by atoms with E-state index in [1.807, 2.05) is 0 Å². The van der Waals surface area contributed by atoms with Crippen LogP contribution < -0.4 is 0 Å². The summed E-state index contributed by atoms with van der Waals surface area (Å²) >= 11 is 0. The predicted octanol–water partition coefficient (Wildman–Crippen LogP) is 2.39. The van der Waals surface area contributed by atoms with Crippen molar-refractivity contribution in [2.75, 3.05) is 6.61 Å². The van der Waals surface area contributed by atoms with Gasteiger partial charge in [0.15, 0.2) is 0 Å². The third-order valence-corrected chi connectivity index (χ3v) is 6.12. The molecule has 0 bridgehead atoms. The largest absolute Gasteiger partial charge is 0.744 e. The minimum atomic E-state index is -6.19. The molecule has 0 aromatic heterocycles. The zero-order valence-electron chi connectivity index (χ0n) is 15.6. The van der Waals surface area contributed by atoms with Crippen molar-refractivity contribution in [3.8, 4) is 0 Å². The molecule has 17 heteroatoms. The molecule has 0 aliphatic carbocycles. The third-order valence-electron chi connectivity index (χ3n) is 4.34. The van der Waals surface area contributed by atoms with Gasteiger partial charge in [-0.1, -0.05) is 12.1 Å². The van der Waals surface area contributed by atoms with E-state index in [0.717, 1.165) is 18.2 Å². The molecule has 0 radical (unpaired) electrons. The first-order chi connectivity index (χ1) is 14.7. The fourth-order valence-electron chi connectivity index (χ4n) is 2.69. The van der Waals surface area contributed by atoms with Gasteiger partial charge in [0.1, 0.15) is 15.0 Å². The third kappa shape index (κ3) is 5.37. The van der Waals surface area contributed by atoms with Gasteiger partial charge in [-0.25, -0.2) is 13.2 Å². The second-order valence-electron chi connectivity index (χ2n) is 6.50. The van der Waals surface area contributed by atoms with E-state index >= 15 is 0 Å². The monoisotopic (exact) mass is 525 g/mol. The van der Waals surface area contributed by atoms with Crippen LogP contribution in [-0.2, 0) is 25.0 Å². The van der Waals surface area contributed by atoms with Gasteiger partial charge in [0, 0.05) is 17.2 Å². The normalized spacial score (nSPS) is 13.8. The van der Waals surface area contributed by atoms with Crippen LogP contribution in [0.5, 0.6) is 0 Å². The lowest BCUT2D eigenvalue weighted by atomic mass is 9.99. The van der Waals surface area contributed by atoms with Crippen LogP contribution in [0.25, 0.3) is 10.8 Å². The lowest BCUT2D eigenvalue weighted by molar-refractivity contribution is -0.371. The number of alkyl halides is 6. The van der Waals surface area contributed by atoms with Crippen molar-refractivity contribution in [1.82, 2.24) is 0 Å². The van der Waals surface area contributed by atoms with Crippen LogP contribution in [-0.4, -0.2) is 61.6 Å². The Morgan fingerprint density at radius 1 is 0.939 bits per heavy atom. The van der Waals surface area contributed by atoms with Gasteiger partial charge in [-0.15, -0.1) is 0 Å². The van der Waals surface area contributed by atoms with E-state index in [-0.39, 0.29) is 0 Å². The topological polar surface area (TPSA) is 158 Å². The van der Waals surface area contributed by atoms with Crippen LogP contribution in [0.15, 0.2) is 40.1 Å². The molecule has 2 N–H and O–H groups in total. The van der Waals surface area contributed by atoms with Crippen LogP contribution >= 0.6 is 0 Å². The van der Waals surface area contributed by atoms with Crippen molar-refractivity contribution in [3.63, 3.8) is 0 Å². The van der Waals surface area contributed by atoms with Crippen LogP contribution in [0.1, 0.15) is 16.8 Å². The summed E-state index contributed by atoms with van der Waals surface area (Å²) in [4.78, 5) is 10.0. The molecule has 0 heterocycles. The molecule has 0 saturated carbocycles. The molecule has 0 atom stereocenters. The number of ether oxygens (including phenoxy) is 1. The molecule has 184 valence electrons. The molecule has 0 aliphatic heterocycles. The second kappa shape index (κ2) is 8.39. The highest BCUT2D eigenvalue weighted by Crippen LogP contribution is 2.45. The van der Waals surface area contributed by atoms with E-state index in [0.29, 0.717) is 12.1 Å². The number of hydrogen-bond acceptors (Lipinski definition) is 8. The highest BCUT2D eigenvalue weighted by Gasteiger charge is 2.70. The molecular weight excluding hydrogens is 514 g/mol. The standard InChI is InChI=1S/C16H12F6O9S2/c17-15(18,19)14(24,16(20,21)22)4-5-31-13(23)8-6-10-9(12(7-8)33(28,29)30)2-1-3-11(10)32(25,26)27/h1-3,6-7,24H,4-5H2,(H,25,26,27)(H,28,29,30)/p-1. The molecule has 0 spiro atoms. The zero-order chi connectivity index (χ0) is 25.6.